The van der Waals surface area contributed by atoms with Gasteiger partial charge in [0.15, 0.2) is 12.2 Å². The van der Waals surface area contributed by atoms with E-state index in [1.54, 1.807) is 42.6 Å². The molecule has 0 radical (unpaired) electrons. The molecule has 10 heteroatoms. The van der Waals surface area contributed by atoms with E-state index < -0.39 is 12.1 Å². The van der Waals surface area contributed by atoms with E-state index in [1.165, 1.54) is 13.5 Å². The summed E-state index contributed by atoms with van der Waals surface area (Å²) in [6.45, 7) is 2.93. The Morgan fingerprint density at radius 3 is 2.45 bits per heavy atom. The maximum Gasteiger partial charge on any atom is 0.407 e. The molecule has 40 heavy (non-hydrogen) atoms. The summed E-state index contributed by atoms with van der Waals surface area (Å²) in [5.41, 5.74) is 3.67. The first-order valence-corrected chi connectivity index (χ1v) is 12.8. The number of carbonyl (C=O) groups excluding carboxylic acids is 2. The molecule has 0 unspecified atom stereocenters. The van der Waals surface area contributed by atoms with E-state index in [9.17, 15) is 9.59 Å². The van der Waals surface area contributed by atoms with Gasteiger partial charge in [-0.3, -0.25) is 0 Å². The number of carbonyl (C=O) groups is 2. The van der Waals surface area contributed by atoms with E-state index in [0.29, 0.717) is 42.5 Å². The number of alkyl carbamates (subject to hydrolysis) is 1. The highest BCUT2D eigenvalue weighted by Gasteiger charge is 2.14. The second-order valence-corrected chi connectivity index (χ2v) is 8.85. The Bertz CT molecular complexity index is 1380. The fourth-order valence-electron chi connectivity index (χ4n) is 3.86. The lowest BCUT2D eigenvalue weighted by Gasteiger charge is -2.17. The van der Waals surface area contributed by atoms with Gasteiger partial charge in [0.1, 0.15) is 11.9 Å². The Balaban J connectivity index is 1.24. The number of methoxy groups -OCH3 is 1. The van der Waals surface area contributed by atoms with Gasteiger partial charge >= 0.3 is 12.1 Å². The largest absolute Gasteiger partial charge is 0.496 e. The summed E-state index contributed by atoms with van der Waals surface area (Å²) in [6.07, 6.45) is 2.67. The van der Waals surface area contributed by atoms with Crippen molar-refractivity contribution in [2.45, 2.75) is 32.6 Å². The highest BCUT2D eigenvalue weighted by atomic mass is 16.6. The highest BCUT2D eigenvalue weighted by Crippen LogP contribution is 2.32. The van der Waals surface area contributed by atoms with Gasteiger partial charge in [-0.1, -0.05) is 49.4 Å². The van der Waals surface area contributed by atoms with Gasteiger partial charge in [0.25, 0.3) is 0 Å². The van der Waals surface area contributed by atoms with Crippen LogP contribution in [0, 0.1) is 0 Å². The van der Waals surface area contributed by atoms with Crippen LogP contribution in [0.15, 0.2) is 89.8 Å². The summed E-state index contributed by atoms with van der Waals surface area (Å²) < 4.78 is 22.0. The number of nitrogens with zero attached hydrogens (tertiary/aromatic N) is 1. The second-order valence-electron chi connectivity index (χ2n) is 8.85. The SMILES string of the molecule is CC[C@H](COCc1ccccc1)OC(=O)NCc1cccc(NC(=O)Nc2ccc(-c3cnco3)c(OC)c2)c1. The molecule has 0 aliphatic rings. The average molecular weight is 545 g/mol. The van der Waals surface area contributed by atoms with E-state index in [4.69, 9.17) is 18.6 Å². The summed E-state index contributed by atoms with van der Waals surface area (Å²) in [5.74, 6) is 1.09. The predicted octanol–water partition coefficient (Wildman–Crippen LogP) is 6.22. The lowest BCUT2D eigenvalue weighted by molar-refractivity contribution is 0.0118. The molecule has 0 aliphatic heterocycles. The van der Waals surface area contributed by atoms with Crippen LogP contribution >= 0.6 is 0 Å². The van der Waals surface area contributed by atoms with E-state index in [2.05, 4.69) is 20.9 Å². The van der Waals surface area contributed by atoms with Crippen molar-refractivity contribution in [2.24, 2.45) is 0 Å². The molecule has 0 saturated heterocycles. The van der Waals surface area contributed by atoms with Gasteiger partial charge in [-0.2, -0.15) is 0 Å². The molecule has 1 atom stereocenters. The number of benzene rings is 3. The van der Waals surface area contributed by atoms with Gasteiger partial charge in [0.2, 0.25) is 0 Å². The molecule has 0 aliphatic carbocycles. The molecule has 1 aromatic heterocycles. The Labute approximate surface area is 232 Å². The van der Waals surface area contributed by atoms with Crippen LogP contribution in [-0.4, -0.2) is 36.9 Å². The molecule has 4 rings (SSSR count). The number of urea groups is 1. The molecular formula is C30H32N4O6. The lowest BCUT2D eigenvalue weighted by atomic mass is 10.1. The number of amides is 3. The van der Waals surface area contributed by atoms with Crippen molar-refractivity contribution in [3.63, 3.8) is 0 Å². The molecule has 3 amide bonds. The number of hydrogen-bond donors (Lipinski definition) is 3. The molecule has 4 aromatic rings. The Kier molecular flexibility index (Phi) is 10.1. The summed E-state index contributed by atoms with van der Waals surface area (Å²) in [4.78, 5) is 28.9. The maximum atomic E-state index is 12.6. The first-order valence-electron chi connectivity index (χ1n) is 12.8. The van der Waals surface area contributed by atoms with E-state index in [0.717, 1.165) is 16.7 Å². The monoisotopic (exact) mass is 544 g/mol. The van der Waals surface area contributed by atoms with Gasteiger partial charge < -0.3 is 34.6 Å². The number of oxazole rings is 1. The van der Waals surface area contributed by atoms with E-state index in [-0.39, 0.29) is 12.6 Å². The molecule has 0 fully saturated rings. The predicted molar refractivity (Wildman–Crippen MR) is 151 cm³/mol. The standard InChI is InChI=1S/C30H32N4O6/c1-3-25(19-38-18-21-8-5-4-6-9-21)40-30(36)32-16-22-10-7-11-23(14-22)33-29(35)34-24-12-13-26(27(15-24)37-2)28-17-31-20-39-28/h4-15,17,20,25H,3,16,18-19H2,1-2H3,(H,32,36)(H2,33,34,35)/t25-/m1/s1. The molecule has 1 heterocycles. The van der Waals surface area contributed by atoms with Crippen molar-refractivity contribution in [3.8, 4) is 17.1 Å². The molecule has 0 bridgehead atoms. The van der Waals surface area contributed by atoms with Crippen LogP contribution in [0.5, 0.6) is 5.75 Å². The summed E-state index contributed by atoms with van der Waals surface area (Å²) in [7, 11) is 1.54. The zero-order chi connectivity index (χ0) is 28.2. The Morgan fingerprint density at radius 2 is 1.73 bits per heavy atom. The van der Waals surface area contributed by atoms with Crippen molar-refractivity contribution in [2.75, 3.05) is 24.4 Å². The molecule has 10 nitrogen and oxygen atoms in total. The second kappa shape index (κ2) is 14.4. The fraction of sp³-hybridized carbons (Fsp3) is 0.233. The van der Waals surface area contributed by atoms with Crippen molar-refractivity contribution in [1.82, 2.24) is 10.3 Å². The maximum absolute atomic E-state index is 12.6. The zero-order valence-corrected chi connectivity index (χ0v) is 22.4. The van der Waals surface area contributed by atoms with Crippen molar-refractivity contribution in [3.05, 3.63) is 96.5 Å². The smallest absolute Gasteiger partial charge is 0.407 e. The van der Waals surface area contributed by atoms with Gasteiger partial charge in [-0.25, -0.2) is 14.6 Å². The number of nitrogens with one attached hydrogen (secondary N) is 3. The first kappa shape index (κ1) is 28.2. The van der Waals surface area contributed by atoms with Crippen molar-refractivity contribution < 1.29 is 28.2 Å². The molecule has 208 valence electrons. The summed E-state index contributed by atoms with van der Waals surface area (Å²) >= 11 is 0. The van der Waals surface area contributed by atoms with Crippen LogP contribution in [0.1, 0.15) is 24.5 Å². The third-order valence-electron chi connectivity index (χ3n) is 5.92. The summed E-state index contributed by atoms with van der Waals surface area (Å²) in [6, 6.07) is 21.8. The average Bonchev–Trinajstić information content (AvgIpc) is 3.51. The topological polar surface area (TPSA) is 124 Å². The van der Waals surface area contributed by atoms with Crippen LogP contribution in [0.25, 0.3) is 11.3 Å². The fourth-order valence-corrected chi connectivity index (χ4v) is 3.86. The van der Waals surface area contributed by atoms with Gasteiger partial charge in [0, 0.05) is 24.0 Å². The number of rotatable bonds is 12. The number of aromatic nitrogens is 1. The number of anilines is 2. The van der Waals surface area contributed by atoms with E-state index >= 15 is 0 Å². The Hall–Kier alpha value is -4.83. The van der Waals surface area contributed by atoms with Crippen molar-refractivity contribution in [1.29, 1.82) is 0 Å². The molecule has 0 spiro atoms. The van der Waals surface area contributed by atoms with Crippen molar-refractivity contribution >= 4 is 23.5 Å². The first-order chi connectivity index (χ1) is 19.5. The van der Waals surface area contributed by atoms with Crippen LogP contribution in [-0.2, 0) is 22.6 Å². The van der Waals surface area contributed by atoms with Crippen LogP contribution < -0.4 is 20.7 Å². The molecular weight excluding hydrogens is 512 g/mol. The van der Waals surface area contributed by atoms with Crippen LogP contribution in [0.4, 0.5) is 21.0 Å². The van der Waals surface area contributed by atoms with Crippen LogP contribution in [0.3, 0.4) is 0 Å². The molecule has 3 N–H and O–H groups in total. The van der Waals surface area contributed by atoms with E-state index in [1.807, 2.05) is 43.3 Å². The highest BCUT2D eigenvalue weighted by molar-refractivity contribution is 6.00. The minimum atomic E-state index is -0.533. The lowest BCUT2D eigenvalue weighted by Crippen LogP contribution is -2.30. The third kappa shape index (κ3) is 8.34. The van der Waals surface area contributed by atoms with Gasteiger partial charge in [-0.05, 0) is 41.8 Å². The quantitative estimate of drug-likeness (QED) is 0.194. The number of ether oxygens (including phenoxy) is 3. The van der Waals surface area contributed by atoms with Gasteiger partial charge in [0.05, 0.1) is 32.1 Å². The third-order valence-corrected chi connectivity index (χ3v) is 5.92. The Morgan fingerprint density at radius 1 is 0.950 bits per heavy atom. The minimum Gasteiger partial charge on any atom is -0.496 e. The van der Waals surface area contributed by atoms with Crippen LogP contribution in [0.2, 0.25) is 0 Å². The molecule has 0 saturated carbocycles. The normalized spacial score (nSPS) is 11.3. The number of hydrogen-bond acceptors (Lipinski definition) is 7. The minimum absolute atomic E-state index is 0.234. The summed E-state index contributed by atoms with van der Waals surface area (Å²) in [5, 5.41) is 8.33. The molecule has 3 aromatic carbocycles. The van der Waals surface area contributed by atoms with Gasteiger partial charge in [-0.15, -0.1) is 0 Å². The zero-order valence-electron chi connectivity index (χ0n) is 22.4.